The summed E-state index contributed by atoms with van der Waals surface area (Å²) in [6.07, 6.45) is 12.3. The first-order chi connectivity index (χ1) is 27.2. The predicted molar refractivity (Wildman–Crippen MR) is 250 cm³/mol. The zero-order valence-electron chi connectivity index (χ0n) is 38.1. The van der Waals surface area contributed by atoms with Crippen LogP contribution in [0.4, 0.5) is 0 Å². The molecule has 0 heterocycles. The van der Waals surface area contributed by atoms with Crippen LogP contribution in [0, 0.1) is 33.5 Å². The molecule has 0 radical (unpaired) electrons. The van der Waals surface area contributed by atoms with Crippen molar-refractivity contribution in [2.24, 2.45) is 27.6 Å². The number of rotatable bonds is 5. The minimum atomic E-state index is 0. The zero-order valence-corrected chi connectivity index (χ0v) is 43.6. The Balaban J connectivity index is 0.000000218. The molecule has 4 aromatic carbocycles. The number of aryl methyl sites for hydroxylation is 1. The van der Waals surface area contributed by atoms with Crippen molar-refractivity contribution in [1.29, 1.82) is 0 Å². The first kappa shape index (κ1) is 50.7. The van der Waals surface area contributed by atoms with Gasteiger partial charge in [-0.1, -0.05) is 166 Å². The quantitative estimate of drug-likeness (QED) is 0.175. The molecule has 0 saturated heterocycles. The standard InChI is InChI=1S/C29H37.C13H8Cl2.C13H21.2ClH.Zr/c1-18-25-22-17-19-13-9-10-14-20(19)24(22)21-15-11-12-16-23(21)29(25,8)28(6,7)27(4,5)26(18,2)3;14-12-5-1-3-10(8-12)7-11-4-2-6-13(15)9-11;1-5-6-7-11-8-9-12(10-11)13(2,3)4;;;/h9-11,13-15,23H,12,16-17H2,1-8H3;1-6,8-9H;8-10H,5-7H2,1-4H3;2*1H;/q-1;;-1;;;+2/p-2. The van der Waals surface area contributed by atoms with Crippen molar-refractivity contribution in [2.45, 2.75) is 127 Å². The van der Waals surface area contributed by atoms with E-state index >= 15 is 0 Å². The summed E-state index contributed by atoms with van der Waals surface area (Å²) in [6.45, 7) is 29.3. The monoisotopic (exact) mass is 956 g/mol. The second kappa shape index (κ2) is 19.4. The van der Waals surface area contributed by atoms with Crippen molar-refractivity contribution >= 4 is 32.0 Å². The Kier molecular flexibility index (Phi) is 16.4. The van der Waals surface area contributed by atoms with E-state index in [0.29, 0.717) is 11.3 Å². The van der Waals surface area contributed by atoms with Gasteiger partial charge in [0.15, 0.2) is 0 Å². The molecule has 0 N–H and O–H groups in total. The number of allylic oxidation sites excluding steroid dienone is 6. The van der Waals surface area contributed by atoms with E-state index in [0.717, 1.165) is 27.6 Å². The second-order valence-corrected chi connectivity index (χ2v) is 22.1. The minimum absolute atomic E-state index is 0. The fraction of sp³-hybridized carbons (Fsp3) is 0.436. The van der Waals surface area contributed by atoms with Crippen LogP contribution in [0.5, 0.6) is 0 Å². The van der Waals surface area contributed by atoms with Crippen LogP contribution in [0.2, 0.25) is 10.0 Å². The minimum Gasteiger partial charge on any atom is -1.00 e. The van der Waals surface area contributed by atoms with Crippen molar-refractivity contribution in [3.8, 4) is 0 Å². The van der Waals surface area contributed by atoms with E-state index in [1.54, 1.807) is 28.2 Å². The Hall–Kier alpha value is -1.99. The summed E-state index contributed by atoms with van der Waals surface area (Å²) in [6, 6.07) is 31.8. The van der Waals surface area contributed by atoms with E-state index in [-0.39, 0.29) is 46.5 Å². The van der Waals surface area contributed by atoms with Crippen LogP contribution in [0.15, 0.2) is 120 Å². The van der Waals surface area contributed by atoms with Gasteiger partial charge < -0.3 is 24.8 Å². The maximum Gasteiger partial charge on any atom is -1.00 e. The van der Waals surface area contributed by atoms with E-state index in [2.05, 4.69) is 150 Å². The third kappa shape index (κ3) is 9.16. The summed E-state index contributed by atoms with van der Waals surface area (Å²) in [4.78, 5) is 0. The topological polar surface area (TPSA) is 0 Å². The van der Waals surface area contributed by atoms with Crippen molar-refractivity contribution in [3.05, 3.63) is 169 Å². The van der Waals surface area contributed by atoms with Gasteiger partial charge in [0, 0.05) is 0 Å². The average Bonchev–Trinajstić information content (AvgIpc) is 3.82. The predicted octanol–water partition coefficient (Wildman–Crippen LogP) is 10.1. The molecule has 8 rings (SSSR count). The Morgan fingerprint density at radius 2 is 1.43 bits per heavy atom. The van der Waals surface area contributed by atoms with Crippen LogP contribution in [0.1, 0.15) is 142 Å². The van der Waals surface area contributed by atoms with E-state index in [1.807, 2.05) is 36.4 Å². The van der Waals surface area contributed by atoms with E-state index < -0.39 is 0 Å². The first-order valence-corrected chi connectivity index (χ1v) is 23.6. The molecule has 2 atom stereocenters. The summed E-state index contributed by atoms with van der Waals surface area (Å²) >= 11 is 13.3. The molecule has 0 aromatic heterocycles. The smallest absolute Gasteiger partial charge is 1.00 e. The number of unbranched alkanes of at least 4 members (excludes halogenated alkanes) is 1. The van der Waals surface area contributed by atoms with Crippen molar-refractivity contribution in [2.75, 3.05) is 0 Å². The molecule has 0 spiro atoms. The maximum absolute atomic E-state index is 5.98. The first-order valence-electron chi connectivity index (χ1n) is 21.6. The number of hydrogen-bond acceptors (Lipinski definition) is 0. The van der Waals surface area contributed by atoms with Crippen LogP contribution < -0.4 is 24.8 Å². The largest absolute Gasteiger partial charge is 1.00 e. The van der Waals surface area contributed by atoms with E-state index in [1.165, 1.54) is 81.8 Å². The van der Waals surface area contributed by atoms with Crippen LogP contribution in [-0.2, 0) is 42.5 Å². The third-order valence-electron chi connectivity index (χ3n) is 15.5. The van der Waals surface area contributed by atoms with Gasteiger partial charge in [0.2, 0.25) is 0 Å². The molecule has 4 aliphatic carbocycles. The van der Waals surface area contributed by atoms with Crippen LogP contribution >= 0.6 is 23.2 Å². The van der Waals surface area contributed by atoms with Gasteiger partial charge >= 0.3 is 120 Å². The van der Waals surface area contributed by atoms with Crippen molar-refractivity contribution in [1.82, 2.24) is 0 Å². The molecule has 4 aromatic rings. The Labute approximate surface area is 401 Å². The molecule has 1 fully saturated rings. The van der Waals surface area contributed by atoms with Gasteiger partial charge in [-0.15, -0.1) is 6.92 Å². The summed E-state index contributed by atoms with van der Waals surface area (Å²) in [7, 11) is 0. The molecule has 4 aliphatic rings. The van der Waals surface area contributed by atoms with Crippen molar-refractivity contribution < 1.29 is 49.0 Å². The van der Waals surface area contributed by atoms with Gasteiger partial charge in [-0.3, -0.25) is 0 Å². The fourth-order valence-electron chi connectivity index (χ4n) is 10.5. The number of halogens is 4. The van der Waals surface area contributed by atoms with Gasteiger partial charge in [0.05, 0.1) is 0 Å². The van der Waals surface area contributed by atoms with Gasteiger partial charge in [-0.25, -0.2) is 12.0 Å². The molecule has 320 valence electrons. The summed E-state index contributed by atoms with van der Waals surface area (Å²) in [5.41, 5.74) is 15.9. The van der Waals surface area contributed by atoms with Gasteiger partial charge in [-0.05, 0) is 40.6 Å². The van der Waals surface area contributed by atoms with Crippen molar-refractivity contribution in [3.63, 3.8) is 0 Å². The number of fused-ring (bicyclic) bond motifs is 6. The van der Waals surface area contributed by atoms with E-state index in [9.17, 15) is 0 Å². The van der Waals surface area contributed by atoms with Gasteiger partial charge in [0.25, 0.3) is 0 Å². The summed E-state index contributed by atoms with van der Waals surface area (Å²) in [5.74, 6) is 2.24. The molecule has 2 unspecified atom stereocenters. The summed E-state index contributed by atoms with van der Waals surface area (Å²) in [5, 5.41) is 1.53. The fourth-order valence-corrected chi connectivity index (χ4v) is 11.7. The number of hydrogen-bond donors (Lipinski definition) is 0. The molecular formula is C55H66Cl4Zr-2. The third-order valence-corrected chi connectivity index (χ3v) is 17.4. The van der Waals surface area contributed by atoms with E-state index in [4.69, 9.17) is 23.2 Å². The second-order valence-electron chi connectivity index (χ2n) is 20.0. The van der Waals surface area contributed by atoms with Crippen LogP contribution in [0.3, 0.4) is 0 Å². The SMILES string of the molecule is CCCCc1cc(C(C)(C)C)c[cH-]1.C[C-]1C2=C3Cc4ccccc4C3=C3C=CCCC3C2(C)C(C)(C)C(C)(C)C1(C)C.Clc1cccc([C](=[Zr+2])c2cccc(Cl)c2)c1.[Cl-].[Cl-]. The molecule has 0 amide bonds. The molecule has 5 heteroatoms. The van der Waals surface area contributed by atoms with Crippen LogP contribution in [-0.4, -0.2) is 3.21 Å². The van der Waals surface area contributed by atoms with Crippen LogP contribution in [0.25, 0.3) is 5.57 Å². The summed E-state index contributed by atoms with van der Waals surface area (Å²) < 4.78 is 1.26. The molecule has 0 bridgehead atoms. The Morgan fingerprint density at radius 1 is 0.833 bits per heavy atom. The number of benzene rings is 3. The Bertz CT molecular complexity index is 2210. The molecule has 60 heavy (non-hydrogen) atoms. The normalized spacial score (nSPS) is 21.4. The average molecular weight is 960 g/mol. The van der Waals surface area contributed by atoms with Gasteiger partial charge in [0.1, 0.15) is 0 Å². The zero-order chi connectivity index (χ0) is 42.4. The molecule has 0 nitrogen and oxygen atoms in total. The van der Waals surface area contributed by atoms with Gasteiger partial charge in [-0.2, -0.15) is 34.4 Å². The molecular weight excluding hydrogens is 894 g/mol. The molecule has 0 aliphatic heterocycles. The molecule has 1 saturated carbocycles. The maximum atomic E-state index is 5.98. The Morgan fingerprint density at radius 3 is 1.98 bits per heavy atom.